The van der Waals surface area contributed by atoms with Crippen LogP contribution < -0.4 is 10.6 Å². The molecule has 10 heteroatoms. The van der Waals surface area contributed by atoms with Crippen LogP contribution in [0.1, 0.15) is 36.5 Å². The molecule has 3 atom stereocenters. The summed E-state index contributed by atoms with van der Waals surface area (Å²) in [6.07, 6.45) is 0.594. The van der Waals surface area contributed by atoms with Crippen molar-refractivity contribution in [2.24, 2.45) is 28.6 Å². The number of aromatic hydroxyl groups is 1. The lowest BCUT2D eigenvalue weighted by molar-refractivity contribution is -0.127. The summed E-state index contributed by atoms with van der Waals surface area (Å²) < 4.78 is 0. The average molecular weight is 469 g/mol. The summed E-state index contributed by atoms with van der Waals surface area (Å²) in [5.41, 5.74) is 6.99. The molecule has 10 nitrogen and oxygen atoms in total. The molecule has 0 spiro atoms. The molecular weight excluding hydrogens is 442 g/mol. The fraction of sp³-hybridized carbons (Fsp3) is 0.417. The van der Waals surface area contributed by atoms with E-state index in [1.807, 2.05) is 19.0 Å². The first kappa shape index (κ1) is 23.3. The van der Waals surface area contributed by atoms with E-state index in [0.717, 1.165) is 5.69 Å². The Kier molecular flexibility index (Phi) is 5.63. The molecule has 0 saturated heterocycles. The predicted molar refractivity (Wildman–Crippen MR) is 123 cm³/mol. The first-order valence-electron chi connectivity index (χ1n) is 10.9. The highest BCUT2D eigenvalue weighted by molar-refractivity contribution is 6.21. The number of fused-ring (bicyclic) bond motifs is 3. The Morgan fingerprint density at radius 1 is 1.21 bits per heavy atom. The largest absolute Gasteiger partial charge is 0.511 e. The van der Waals surface area contributed by atoms with Crippen molar-refractivity contribution in [2.75, 3.05) is 26.1 Å². The molecule has 4 rings (SSSR count). The monoisotopic (exact) mass is 469 g/mol. The van der Waals surface area contributed by atoms with Crippen LogP contribution in [0.5, 0.6) is 5.75 Å². The van der Waals surface area contributed by atoms with E-state index in [4.69, 9.17) is 10.6 Å². The number of allylic oxidation sites excluding steroid dienone is 2. The van der Waals surface area contributed by atoms with Crippen LogP contribution in [-0.4, -0.2) is 59.7 Å². The van der Waals surface area contributed by atoms with Crippen LogP contribution in [-0.2, 0) is 25.6 Å². The summed E-state index contributed by atoms with van der Waals surface area (Å²) in [6.45, 7) is 1.64. The van der Waals surface area contributed by atoms with E-state index in [2.05, 4.69) is 5.16 Å². The van der Waals surface area contributed by atoms with Gasteiger partial charge in [0.15, 0.2) is 11.6 Å². The van der Waals surface area contributed by atoms with Crippen molar-refractivity contribution in [3.8, 4) is 5.75 Å². The molecule has 3 aliphatic carbocycles. The maximum absolute atomic E-state index is 13.5. The normalized spacial score (nSPS) is 24.5. The van der Waals surface area contributed by atoms with Gasteiger partial charge in [-0.05, 0) is 43.2 Å². The fourth-order valence-electron chi connectivity index (χ4n) is 5.55. The number of phenolic OH excluding ortho intramolecular Hbond substituents is 1. The molecule has 3 unspecified atom stereocenters. The minimum Gasteiger partial charge on any atom is -0.511 e. The second-order valence-corrected chi connectivity index (χ2v) is 9.15. The number of carbonyl (C=O) groups is 3. The number of benzene rings is 1. The van der Waals surface area contributed by atoms with Gasteiger partial charge in [-0.1, -0.05) is 5.16 Å². The molecular formula is C24H27N3O7. The quantitative estimate of drug-likeness (QED) is 0.294. The van der Waals surface area contributed by atoms with E-state index in [-0.39, 0.29) is 29.1 Å². The second-order valence-electron chi connectivity index (χ2n) is 9.15. The number of amides is 1. The standard InChI is InChI=1S/C24H27N3O7/c1-9(26-34-4)12-8-14(27(2)3)13-6-10-5-11-7-15(28)19(24(25)33)23(32)17(11)21(30)16(10)22(31)18(13)20(12)29/h8,10-11,17,29,31-32H,5-7H2,1-4H3,(H2,25,33)/b26-9+. The fourth-order valence-corrected chi connectivity index (χ4v) is 5.55. The smallest absolute Gasteiger partial charge is 0.255 e. The molecule has 34 heavy (non-hydrogen) atoms. The Bertz CT molecular complexity index is 1230. The molecule has 1 saturated carbocycles. The first-order valence-corrected chi connectivity index (χ1v) is 10.9. The number of anilines is 1. The summed E-state index contributed by atoms with van der Waals surface area (Å²) in [5, 5.41) is 36.9. The van der Waals surface area contributed by atoms with E-state index in [0.29, 0.717) is 29.7 Å². The third kappa shape index (κ3) is 3.32. The number of aliphatic hydroxyl groups excluding tert-OH is 2. The van der Waals surface area contributed by atoms with Gasteiger partial charge in [-0.3, -0.25) is 14.4 Å². The molecule has 0 aromatic heterocycles. The Balaban J connectivity index is 1.94. The number of primary amides is 1. The number of nitrogens with zero attached hydrogens (tertiary/aromatic N) is 2. The highest BCUT2D eigenvalue weighted by atomic mass is 16.6. The lowest BCUT2D eigenvalue weighted by Gasteiger charge is -2.41. The van der Waals surface area contributed by atoms with Crippen molar-refractivity contribution in [3.63, 3.8) is 0 Å². The lowest BCUT2D eigenvalue weighted by Crippen LogP contribution is -2.44. The van der Waals surface area contributed by atoms with Crippen molar-refractivity contribution >= 4 is 34.6 Å². The highest BCUT2D eigenvalue weighted by Crippen LogP contribution is 2.52. The summed E-state index contributed by atoms with van der Waals surface area (Å²) in [5.74, 6) is -5.60. The Morgan fingerprint density at radius 2 is 1.88 bits per heavy atom. The van der Waals surface area contributed by atoms with E-state index in [1.165, 1.54) is 7.11 Å². The Labute approximate surface area is 196 Å². The SMILES string of the molecule is CO/N=C(\C)c1cc(N(C)C)c2c(c1O)C(O)=C1C(=O)C3C(O)=C(C(N)=O)C(=O)CC3CC1C2. The summed E-state index contributed by atoms with van der Waals surface area (Å²) in [4.78, 5) is 44.4. The first-order chi connectivity index (χ1) is 16.0. The molecule has 1 amide bonds. The van der Waals surface area contributed by atoms with Gasteiger partial charge in [-0.15, -0.1) is 0 Å². The number of hydrogen-bond acceptors (Lipinski definition) is 9. The highest BCUT2D eigenvalue weighted by Gasteiger charge is 2.51. The third-order valence-electron chi connectivity index (χ3n) is 6.96. The van der Waals surface area contributed by atoms with Crippen molar-refractivity contribution in [1.82, 2.24) is 0 Å². The maximum Gasteiger partial charge on any atom is 0.255 e. The van der Waals surface area contributed by atoms with Gasteiger partial charge in [-0.25, -0.2) is 0 Å². The van der Waals surface area contributed by atoms with Crippen LogP contribution in [0.2, 0.25) is 0 Å². The second kappa shape index (κ2) is 8.19. The Morgan fingerprint density at radius 3 is 2.47 bits per heavy atom. The number of ketones is 2. The molecule has 0 heterocycles. The van der Waals surface area contributed by atoms with E-state index >= 15 is 0 Å². The van der Waals surface area contributed by atoms with Gasteiger partial charge in [0.25, 0.3) is 5.91 Å². The van der Waals surface area contributed by atoms with Crippen molar-refractivity contribution in [3.05, 3.63) is 39.7 Å². The zero-order chi connectivity index (χ0) is 25.1. The molecule has 5 N–H and O–H groups in total. The molecule has 1 aromatic carbocycles. The number of carbonyl (C=O) groups excluding carboxylic acids is 3. The minimum atomic E-state index is -1.15. The number of rotatable bonds is 4. The summed E-state index contributed by atoms with van der Waals surface area (Å²) in [7, 11) is 5.03. The number of hydrogen-bond donors (Lipinski definition) is 4. The molecule has 1 aromatic rings. The van der Waals surface area contributed by atoms with E-state index in [9.17, 15) is 29.7 Å². The van der Waals surface area contributed by atoms with Crippen molar-refractivity contribution in [2.45, 2.75) is 26.2 Å². The van der Waals surface area contributed by atoms with E-state index < -0.39 is 46.6 Å². The van der Waals surface area contributed by atoms with Crippen LogP contribution in [0.4, 0.5) is 5.69 Å². The van der Waals surface area contributed by atoms with Gasteiger partial charge in [-0.2, -0.15) is 0 Å². The van der Waals surface area contributed by atoms with Gasteiger partial charge in [0.2, 0.25) is 0 Å². The third-order valence-corrected chi connectivity index (χ3v) is 6.96. The Hall–Kier alpha value is -3.82. The van der Waals surface area contributed by atoms with Crippen LogP contribution in [0.15, 0.2) is 28.1 Å². The van der Waals surface area contributed by atoms with Gasteiger partial charge in [0, 0.05) is 37.3 Å². The number of nitrogens with two attached hydrogens (primary N) is 1. The van der Waals surface area contributed by atoms with Crippen molar-refractivity contribution in [1.29, 1.82) is 0 Å². The number of Topliss-reactive ketones (excluding diaryl/α,β-unsaturated/α-hetero) is 2. The molecule has 0 bridgehead atoms. The molecule has 3 aliphatic rings. The van der Waals surface area contributed by atoms with Crippen LogP contribution in [0.3, 0.4) is 0 Å². The zero-order valence-electron chi connectivity index (χ0n) is 19.4. The van der Waals surface area contributed by atoms with Gasteiger partial charge in [0.05, 0.1) is 17.2 Å². The van der Waals surface area contributed by atoms with Crippen molar-refractivity contribution < 1.29 is 34.5 Å². The topological polar surface area (TPSA) is 163 Å². The van der Waals surface area contributed by atoms with Crippen LogP contribution >= 0.6 is 0 Å². The summed E-state index contributed by atoms with van der Waals surface area (Å²) in [6, 6.07) is 1.75. The van der Waals surface area contributed by atoms with Gasteiger partial charge < -0.3 is 30.8 Å². The van der Waals surface area contributed by atoms with E-state index in [1.54, 1.807) is 13.0 Å². The molecule has 0 aliphatic heterocycles. The predicted octanol–water partition coefficient (Wildman–Crippen LogP) is 1.75. The van der Waals surface area contributed by atoms with Gasteiger partial charge >= 0.3 is 0 Å². The molecule has 180 valence electrons. The van der Waals surface area contributed by atoms with Gasteiger partial charge in [0.1, 0.15) is 30.0 Å². The number of aliphatic hydroxyl groups is 2. The van der Waals surface area contributed by atoms with Crippen LogP contribution in [0, 0.1) is 17.8 Å². The lowest BCUT2D eigenvalue weighted by atomic mass is 9.61. The summed E-state index contributed by atoms with van der Waals surface area (Å²) >= 11 is 0. The van der Waals surface area contributed by atoms with Crippen LogP contribution in [0.25, 0.3) is 5.76 Å². The zero-order valence-corrected chi connectivity index (χ0v) is 19.4. The maximum atomic E-state index is 13.5. The molecule has 1 fully saturated rings. The average Bonchev–Trinajstić information content (AvgIpc) is 2.72. The minimum absolute atomic E-state index is 0.0666. The number of oxime groups is 1. The number of phenols is 1. The molecule has 0 radical (unpaired) electrons.